The van der Waals surface area contributed by atoms with E-state index in [4.69, 9.17) is 0 Å². The maximum absolute atomic E-state index is 11.6. The van der Waals surface area contributed by atoms with Gasteiger partial charge in [0.1, 0.15) is 0 Å². The zero-order chi connectivity index (χ0) is 9.97. The summed E-state index contributed by atoms with van der Waals surface area (Å²) < 4.78 is 0. The number of aliphatic hydroxyl groups is 1. The van der Waals surface area contributed by atoms with Crippen LogP contribution in [0.4, 0.5) is 5.69 Å². The van der Waals surface area contributed by atoms with E-state index in [9.17, 15) is 9.90 Å². The van der Waals surface area contributed by atoms with Crippen molar-refractivity contribution < 1.29 is 9.90 Å². The molecule has 74 valence electrons. The van der Waals surface area contributed by atoms with Crippen molar-refractivity contribution in [2.24, 2.45) is 0 Å². The Morgan fingerprint density at radius 2 is 2.00 bits per heavy atom. The molecular formula is C11H13NO2. The summed E-state index contributed by atoms with van der Waals surface area (Å²) in [5.74, 6) is 0.00921. The summed E-state index contributed by atoms with van der Waals surface area (Å²) >= 11 is 0. The predicted octanol–water partition coefficient (Wildman–Crippen LogP) is 1.17. The summed E-state index contributed by atoms with van der Waals surface area (Å²) in [6.45, 7) is 0.615. The van der Waals surface area contributed by atoms with Crippen LogP contribution in [0.2, 0.25) is 0 Å². The number of anilines is 1. The number of nitrogens with zero attached hydrogens (tertiary/aromatic N) is 1. The normalized spacial score (nSPS) is 22.5. The van der Waals surface area contributed by atoms with E-state index in [0.717, 1.165) is 5.69 Å². The molecule has 1 unspecified atom stereocenters. The molecule has 1 heterocycles. The molecule has 1 N–H and O–H groups in total. The number of aliphatic hydroxyl groups excluding tert-OH is 1. The quantitative estimate of drug-likeness (QED) is 0.724. The number of hydrogen-bond donors (Lipinski definition) is 1. The van der Waals surface area contributed by atoms with E-state index < -0.39 is 6.10 Å². The highest BCUT2D eigenvalue weighted by atomic mass is 16.3. The molecule has 1 aliphatic heterocycles. The van der Waals surface area contributed by atoms with E-state index in [-0.39, 0.29) is 12.3 Å². The predicted molar refractivity (Wildman–Crippen MR) is 54.0 cm³/mol. The molecule has 0 saturated carbocycles. The van der Waals surface area contributed by atoms with Gasteiger partial charge in [-0.25, -0.2) is 0 Å². The van der Waals surface area contributed by atoms with Crippen LogP contribution < -0.4 is 4.90 Å². The van der Waals surface area contributed by atoms with E-state index in [1.54, 1.807) is 4.90 Å². The molecule has 0 aliphatic carbocycles. The standard InChI is InChI=1S/C11H13NO2/c13-10-6-7-12(11(14)8-10)9-4-2-1-3-5-9/h1-5,10,13H,6-8H2. The lowest BCUT2D eigenvalue weighted by Crippen LogP contribution is -2.40. The summed E-state index contributed by atoms with van der Waals surface area (Å²) in [6.07, 6.45) is 0.456. The summed E-state index contributed by atoms with van der Waals surface area (Å²) in [6, 6.07) is 9.57. The second-order valence-electron chi connectivity index (χ2n) is 3.53. The molecule has 14 heavy (non-hydrogen) atoms. The topological polar surface area (TPSA) is 40.5 Å². The van der Waals surface area contributed by atoms with Crippen molar-refractivity contribution in [2.45, 2.75) is 18.9 Å². The lowest BCUT2D eigenvalue weighted by atomic mass is 10.1. The van der Waals surface area contributed by atoms with Gasteiger partial charge >= 0.3 is 0 Å². The number of piperidine rings is 1. The van der Waals surface area contributed by atoms with Gasteiger partial charge in [-0.2, -0.15) is 0 Å². The molecule has 1 saturated heterocycles. The number of rotatable bonds is 1. The second-order valence-corrected chi connectivity index (χ2v) is 3.53. The first-order valence-electron chi connectivity index (χ1n) is 4.81. The Kier molecular flexibility index (Phi) is 2.50. The molecule has 1 amide bonds. The van der Waals surface area contributed by atoms with Crippen LogP contribution in [-0.4, -0.2) is 23.7 Å². The van der Waals surface area contributed by atoms with Crippen LogP contribution in [0.5, 0.6) is 0 Å². The Morgan fingerprint density at radius 3 is 2.64 bits per heavy atom. The SMILES string of the molecule is O=C1CC(O)CCN1c1ccccc1. The zero-order valence-electron chi connectivity index (χ0n) is 7.89. The molecule has 0 spiro atoms. The van der Waals surface area contributed by atoms with Crippen molar-refractivity contribution in [3.05, 3.63) is 30.3 Å². The summed E-state index contributed by atoms with van der Waals surface area (Å²) in [5.41, 5.74) is 0.921. The van der Waals surface area contributed by atoms with Gasteiger partial charge in [-0.3, -0.25) is 4.79 Å². The zero-order valence-corrected chi connectivity index (χ0v) is 7.89. The maximum atomic E-state index is 11.6. The number of carbonyl (C=O) groups excluding carboxylic acids is 1. The summed E-state index contributed by atoms with van der Waals surface area (Å²) in [7, 11) is 0. The molecule has 1 aliphatic rings. The number of amides is 1. The fraction of sp³-hybridized carbons (Fsp3) is 0.364. The van der Waals surface area contributed by atoms with Gasteiger partial charge in [0.25, 0.3) is 0 Å². The van der Waals surface area contributed by atoms with Crippen LogP contribution in [0.25, 0.3) is 0 Å². The average molecular weight is 191 g/mol. The van der Waals surface area contributed by atoms with E-state index in [2.05, 4.69) is 0 Å². The highest BCUT2D eigenvalue weighted by Crippen LogP contribution is 2.20. The average Bonchev–Trinajstić information content (AvgIpc) is 2.19. The molecule has 0 radical (unpaired) electrons. The molecule has 0 bridgehead atoms. The minimum atomic E-state index is -0.456. The van der Waals surface area contributed by atoms with E-state index in [0.29, 0.717) is 13.0 Å². The van der Waals surface area contributed by atoms with Crippen LogP contribution in [0.1, 0.15) is 12.8 Å². The molecule has 3 heteroatoms. The van der Waals surface area contributed by atoms with Crippen molar-refractivity contribution in [3.8, 4) is 0 Å². The Bertz CT molecular complexity index is 323. The monoisotopic (exact) mass is 191 g/mol. The fourth-order valence-corrected chi connectivity index (χ4v) is 1.70. The van der Waals surface area contributed by atoms with Gasteiger partial charge in [-0.1, -0.05) is 18.2 Å². The molecule has 3 nitrogen and oxygen atoms in total. The van der Waals surface area contributed by atoms with Gasteiger partial charge in [0.15, 0.2) is 0 Å². The number of hydrogen-bond acceptors (Lipinski definition) is 2. The van der Waals surface area contributed by atoms with E-state index >= 15 is 0 Å². The first-order chi connectivity index (χ1) is 6.77. The smallest absolute Gasteiger partial charge is 0.229 e. The molecule has 1 fully saturated rings. The van der Waals surface area contributed by atoms with Crippen molar-refractivity contribution in [3.63, 3.8) is 0 Å². The summed E-state index contributed by atoms with van der Waals surface area (Å²) in [5, 5.41) is 9.30. The van der Waals surface area contributed by atoms with Crippen LogP contribution in [-0.2, 0) is 4.79 Å². The Labute approximate surface area is 83.0 Å². The van der Waals surface area contributed by atoms with Crippen LogP contribution in [0.15, 0.2) is 30.3 Å². The molecule has 0 aromatic heterocycles. The third kappa shape index (κ3) is 1.77. The molecule has 1 aromatic rings. The van der Waals surface area contributed by atoms with Crippen molar-refractivity contribution >= 4 is 11.6 Å². The number of benzene rings is 1. The highest BCUT2D eigenvalue weighted by molar-refractivity contribution is 5.94. The van der Waals surface area contributed by atoms with Gasteiger partial charge in [-0.15, -0.1) is 0 Å². The Morgan fingerprint density at radius 1 is 1.29 bits per heavy atom. The fourth-order valence-electron chi connectivity index (χ4n) is 1.70. The molecule has 1 atom stereocenters. The van der Waals surface area contributed by atoms with Gasteiger partial charge in [-0.05, 0) is 18.6 Å². The van der Waals surface area contributed by atoms with E-state index in [1.165, 1.54) is 0 Å². The number of para-hydroxylation sites is 1. The van der Waals surface area contributed by atoms with Crippen molar-refractivity contribution in [2.75, 3.05) is 11.4 Å². The lowest BCUT2D eigenvalue weighted by Gasteiger charge is -2.29. The van der Waals surface area contributed by atoms with Crippen LogP contribution in [0, 0.1) is 0 Å². The van der Waals surface area contributed by atoms with Gasteiger partial charge in [0.05, 0.1) is 12.5 Å². The summed E-state index contributed by atoms with van der Waals surface area (Å²) in [4.78, 5) is 13.3. The highest BCUT2D eigenvalue weighted by Gasteiger charge is 2.24. The largest absolute Gasteiger partial charge is 0.393 e. The van der Waals surface area contributed by atoms with Crippen molar-refractivity contribution in [1.82, 2.24) is 0 Å². The Balaban J connectivity index is 2.16. The van der Waals surface area contributed by atoms with Crippen LogP contribution >= 0.6 is 0 Å². The molecule has 2 rings (SSSR count). The minimum Gasteiger partial charge on any atom is -0.393 e. The maximum Gasteiger partial charge on any atom is 0.229 e. The first kappa shape index (κ1) is 9.21. The third-order valence-electron chi connectivity index (χ3n) is 2.47. The molecular weight excluding hydrogens is 178 g/mol. The third-order valence-corrected chi connectivity index (χ3v) is 2.47. The Hall–Kier alpha value is -1.35. The van der Waals surface area contributed by atoms with Gasteiger partial charge < -0.3 is 10.0 Å². The minimum absolute atomic E-state index is 0.00921. The molecule has 1 aromatic carbocycles. The van der Waals surface area contributed by atoms with E-state index in [1.807, 2.05) is 30.3 Å². The second kappa shape index (κ2) is 3.80. The van der Waals surface area contributed by atoms with Gasteiger partial charge in [0, 0.05) is 12.2 Å². The van der Waals surface area contributed by atoms with Crippen LogP contribution in [0.3, 0.4) is 0 Å². The first-order valence-corrected chi connectivity index (χ1v) is 4.81. The van der Waals surface area contributed by atoms with Crippen molar-refractivity contribution in [1.29, 1.82) is 0 Å². The van der Waals surface area contributed by atoms with Gasteiger partial charge in [0.2, 0.25) is 5.91 Å². The number of carbonyl (C=O) groups is 1. The lowest BCUT2D eigenvalue weighted by molar-refractivity contribution is -0.122.